The van der Waals surface area contributed by atoms with Gasteiger partial charge in [-0.2, -0.15) is 0 Å². The van der Waals surface area contributed by atoms with Crippen molar-refractivity contribution in [3.8, 4) is 5.75 Å². The van der Waals surface area contributed by atoms with Crippen molar-refractivity contribution in [3.05, 3.63) is 100 Å². The number of nitrogens with zero attached hydrogens (tertiary/aromatic N) is 3. The van der Waals surface area contributed by atoms with Crippen LogP contribution >= 0.6 is 0 Å². The summed E-state index contributed by atoms with van der Waals surface area (Å²) in [6.45, 7) is 0.412. The lowest BCUT2D eigenvalue weighted by molar-refractivity contribution is 0.0814. The van der Waals surface area contributed by atoms with Crippen molar-refractivity contribution in [2.45, 2.75) is 19.4 Å². The molecule has 0 spiro atoms. The molecule has 34 heavy (non-hydrogen) atoms. The van der Waals surface area contributed by atoms with Crippen molar-refractivity contribution in [2.75, 3.05) is 7.05 Å². The van der Waals surface area contributed by atoms with Crippen molar-refractivity contribution < 1.29 is 14.3 Å². The quantitative estimate of drug-likeness (QED) is 0.413. The Bertz CT molecular complexity index is 1560. The highest BCUT2D eigenvalue weighted by atomic mass is 19.1. The fourth-order valence-corrected chi connectivity index (χ4v) is 4.80. The van der Waals surface area contributed by atoms with Gasteiger partial charge in [0.2, 0.25) is 0 Å². The molecule has 0 fully saturated rings. The highest BCUT2D eigenvalue weighted by molar-refractivity contribution is 6.07. The highest BCUT2D eigenvalue weighted by Gasteiger charge is 2.33. The number of imidazole rings is 1. The number of carbonyl (C=O) groups is 1. The van der Waals surface area contributed by atoms with Crippen LogP contribution in [-0.4, -0.2) is 37.9 Å². The number of carbonyl (C=O) groups excluding carboxylic acids is 1. The first-order chi connectivity index (χ1) is 16.5. The van der Waals surface area contributed by atoms with Gasteiger partial charge in [-0.25, -0.2) is 9.37 Å². The Morgan fingerprint density at radius 3 is 2.68 bits per heavy atom. The predicted octanol–water partition coefficient (Wildman–Crippen LogP) is 4.72. The number of phenols is 1. The number of para-hydroxylation sites is 2. The van der Waals surface area contributed by atoms with Crippen molar-refractivity contribution in [3.63, 3.8) is 0 Å². The lowest BCUT2D eigenvalue weighted by atomic mass is 9.93. The molecular weight excluding hydrogens is 431 g/mol. The summed E-state index contributed by atoms with van der Waals surface area (Å²) < 4.78 is 13.3. The Balaban J connectivity index is 1.52. The molecule has 6 rings (SSSR count). The molecule has 0 unspecified atom stereocenters. The zero-order chi connectivity index (χ0) is 23.4. The second-order valence-corrected chi connectivity index (χ2v) is 8.76. The highest BCUT2D eigenvalue weighted by Crippen LogP contribution is 2.40. The van der Waals surface area contributed by atoms with E-state index in [9.17, 15) is 14.3 Å². The number of hydrogen-bond donors (Lipinski definition) is 2. The normalized spacial score (nSPS) is 13.2. The minimum absolute atomic E-state index is 0.0824. The first-order valence-corrected chi connectivity index (χ1v) is 11.1. The number of benzene rings is 3. The Labute approximate surface area is 194 Å². The predicted molar refractivity (Wildman–Crippen MR) is 127 cm³/mol. The molecule has 0 aliphatic carbocycles. The van der Waals surface area contributed by atoms with E-state index in [4.69, 9.17) is 4.98 Å². The van der Waals surface area contributed by atoms with Gasteiger partial charge in [0.1, 0.15) is 17.2 Å². The molecule has 1 aliphatic rings. The van der Waals surface area contributed by atoms with Crippen LogP contribution in [-0.2, 0) is 19.4 Å². The molecule has 0 saturated carbocycles. The maximum Gasteiger partial charge on any atom is 0.258 e. The largest absolute Gasteiger partial charge is 0.505 e. The van der Waals surface area contributed by atoms with Gasteiger partial charge < -0.3 is 15.0 Å². The summed E-state index contributed by atoms with van der Waals surface area (Å²) in [6.07, 6.45) is 2.74. The zero-order valence-electron chi connectivity index (χ0n) is 18.5. The summed E-state index contributed by atoms with van der Waals surface area (Å²) in [5.41, 5.74) is 6.16. The van der Waals surface area contributed by atoms with Gasteiger partial charge in [-0.1, -0.05) is 24.3 Å². The van der Waals surface area contributed by atoms with Gasteiger partial charge in [-0.3, -0.25) is 9.78 Å². The van der Waals surface area contributed by atoms with Gasteiger partial charge in [0.25, 0.3) is 5.91 Å². The molecule has 0 saturated heterocycles. The summed E-state index contributed by atoms with van der Waals surface area (Å²) in [7, 11) is 1.73. The maximum atomic E-state index is 13.3. The molecule has 0 radical (unpaired) electrons. The van der Waals surface area contributed by atoms with Crippen LogP contribution in [0.25, 0.3) is 21.9 Å². The van der Waals surface area contributed by atoms with E-state index in [2.05, 4.69) is 9.97 Å². The Hall–Kier alpha value is -4.26. The molecule has 7 heteroatoms. The number of hydrogen-bond acceptors (Lipinski definition) is 4. The Morgan fingerprint density at radius 1 is 1.09 bits per heavy atom. The Kier molecular flexibility index (Phi) is 4.58. The standard InChI is InChI=1S/C27H21FN4O2/c1-32-14-20-18(12-23-30-21-4-2-3-5-22(21)31-23)19-11-16(10-15-6-8-17(28)9-7-15)13-29-25(19)26(33)24(20)27(32)34/h2-9,11,13,33H,10,12,14H2,1H3,(H,30,31). The number of aromatic amines is 1. The third-order valence-corrected chi connectivity index (χ3v) is 6.46. The van der Waals surface area contributed by atoms with Gasteiger partial charge in [0.05, 0.1) is 16.6 Å². The first-order valence-electron chi connectivity index (χ1n) is 11.1. The molecule has 3 aromatic carbocycles. The fraction of sp³-hybridized carbons (Fsp3) is 0.148. The topological polar surface area (TPSA) is 82.1 Å². The number of pyridine rings is 1. The minimum atomic E-state index is -0.275. The first kappa shape index (κ1) is 20.4. The van der Waals surface area contributed by atoms with Crippen molar-refractivity contribution in [2.24, 2.45) is 0 Å². The molecule has 168 valence electrons. The van der Waals surface area contributed by atoms with E-state index in [1.54, 1.807) is 30.3 Å². The van der Waals surface area contributed by atoms with Gasteiger partial charge in [-0.15, -0.1) is 0 Å². The van der Waals surface area contributed by atoms with E-state index in [-0.39, 0.29) is 17.5 Å². The molecule has 5 aromatic rings. The third kappa shape index (κ3) is 3.28. The monoisotopic (exact) mass is 452 g/mol. The van der Waals surface area contributed by atoms with Crippen LogP contribution in [0, 0.1) is 5.82 Å². The lowest BCUT2D eigenvalue weighted by Gasteiger charge is -2.14. The number of H-pyrrole nitrogens is 1. The molecular formula is C27H21FN4O2. The van der Waals surface area contributed by atoms with E-state index in [0.717, 1.165) is 44.5 Å². The lowest BCUT2D eigenvalue weighted by Crippen LogP contribution is -2.17. The number of aromatic nitrogens is 3. The van der Waals surface area contributed by atoms with Crippen molar-refractivity contribution in [1.29, 1.82) is 0 Å². The SMILES string of the molecule is CN1Cc2c(c(O)c3ncc(Cc4ccc(F)cc4)cc3c2Cc2nc3ccccc3[nH]2)C1=O. The van der Waals surface area contributed by atoms with Crippen LogP contribution in [0.5, 0.6) is 5.75 Å². The summed E-state index contributed by atoms with van der Waals surface area (Å²) in [5.74, 6) is 0.211. The van der Waals surface area contributed by atoms with Gasteiger partial charge in [0.15, 0.2) is 5.75 Å². The smallest absolute Gasteiger partial charge is 0.258 e. The van der Waals surface area contributed by atoms with Crippen molar-refractivity contribution >= 4 is 27.8 Å². The number of fused-ring (bicyclic) bond motifs is 3. The molecule has 3 heterocycles. The van der Waals surface area contributed by atoms with E-state index in [0.29, 0.717) is 30.5 Å². The number of aromatic hydroxyl groups is 1. The van der Waals surface area contributed by atoms with Crippen LogP contribution in [0.2, 0.25) is 0 Å². The fourth-order valence-electron chi connectivity index (χ4n) is 4.80. The number of rotatable bonds is 4. The van der Waals surface area contributed by atoms with Gasteiger partial charge >= 0.3 is 0 Å². The summed E-state index contributed by atoms with van der Waals surface area (Å²) in [4.78, 5) is 27.1. The van der Waals surface area contributed by atoms with Crippen LogP contribution < -0.4 is 0 Å². The molecule has 2 aromatic heterocycles. The van der Waals surface area contributed by atoms with Crippen molar-refractivity contribution in [1.82, 2.24) is 19.9 Å². The van der Waals surface area contributed by atoms with Gasteiger partial charge in [-0.05, 0) is 59.0 Å². The van der Waals surface area contributed by atoms with Crippen LogP contribution in [0.3, 0.4) is 0 Å². The molecule has 2 N–H and O–H groups in total. The summed E-state index contributed by atoms with van der Waals surface area (Å²) in [5, 5.41) is 11.8. The van der Waals surface area contributed by atoms with E-state index in [1.807, 2.05) is 30.3 Å². The number of phenolic OH excluding ortho intramolecular Hbond substituents is 1. The zero-order valence-corrected chi connectivity index (χ0v) is 18.5. The van der Waals surface area contributed by atoms with Crippen LogP contribution in [0.4, 0.5) is 4.39 Å². The minimum Gasteiger partial charge on any atom is -0.505 e. The molecule has 6 nitrogen and oxygen atoms in total. The second kappa shape index (κ2) is 7.66. The van der Waals surface area contributed by atoms with E-state index in [1.165, 1.54) is 12.1 Å². The summed E-state index contributed by atoms with van der Waals surface area (Å²) >= 11 is 0. The van der Waals surface area contributed by atoms with Crippen LogP contribution in [0.1, 0.15) is 38.4 Å². The Morgan fingerprint density at radius 2 is 1.88 bits per heavy atom. The third-order valence-electron chi connectivity index (χ3n) is 6.46. The summed E-state index contributed by atoms with van der Waals surface area (Å²) in [6, 6.07) is 16.2. The number of halogens is 1. The average molecular weight is 452 g/mol. The number of nitrogens with one attached hydrogen (secondary N) is 1. The molecule has 1 aliphatic heterocycles. The van der Waals surface area contributed by atoms with Gasteiger partial charge in [0, 0.05) is 31.6 Å². The maximum absolute atomic E-state index is 13.3. The van der Waals surface area contributed by atoms with E-state index >= 15 is 0 Å². The molecule has 0 atom stereocenters. The molecule has 1 amide bonds. The van der Waals surface area contributed by atoms with Crippen LogP contribution in [0.15, 0.2) is 60.8 Å². The average Bonchev–Trinajstić information content (AvgIpc) is 3.38. The second-order valence-electron chi connectivity index (χ2n) is 8.76. The molecule has 0 bridgehead atoms. The van der Waals surface area contributed by atoms with E-state index < -0.39 is 0 Å². The number of amides is 1.